The van der Waals surface area contributed by atoms with Gasteiger partial charge in [-0.3, -0.25) is 4.79 Å². The van der Waals surface area contributed by atoms with Crippen LogP contribution < -0.4 is 10.5 Å². The fraction of sp³-hybridized carbons (Fsp3) is 0.533. The molecule has 110 valence electrons. The molecule has 0 aliphatic carbocycles. The molecule has 0 unspecified atom stereocenters. The lowest BCUT2D eigenvalue weighted by Gasteiger charge is -2.23. The Balaban J connectivity index is 2.23. The molecule has 2 rings (SSSR count). The largest absolute Gasteiger partial charge is 0.496 e. The van der Waals surface area contributed by atoms with Crippen LogP contribution in [0.3, 0.4) is 0 Å². The van der Waals surface area contributed by atoms with Crippen LogP contribution in [0.25, 0.3) is 0 Å². The first-order chi connectivity index (χ1) is 9.44. The molecule has 4 nitrogen and oxygen atoms in total. The molecule has 1 saturated heterocycles. The Morgan fingerprint density at radius 2 is 2.15 bits per heavy atom. The van der Waals surface area contributed by atoms with E-state index in [1.807, 2.05) is 16.7 Å². The fourth-order valence-electron chi connectivity index (χ4n) is 2.33. The highest BCUT2D eigenvalue weighted by atomic mass is 32.2. The first-order valence-corrected chi connectivity index (χ1v) is 7.79. The average molecular weight is 294 g/mol. The van der Waals surface area contributed by atoms with Crippen molar-refractivity contribution in [2.45, 2.75) is 25.0 Å². The highest BCUT2D eigenvalue weighted by Crippen LogP contribution is 2.32. The summed E-state index contributed by atoms with van der Waals surface area (Å²) in [5.74, 6) is 1.47. The second kappa shape index (κ2) is 5.95. The maximum Gasteiger partial charge on any atom is 0.259 e. The summed E-state index contributed by atoms with van der Waals surface area (Å²) in [5.41, 5.74) is 6.93. The third-order valence-corrected chi connectivity index (χ3v) is 4.99. The smallest absolute Gasteiger partial charge is 0.259 e. The second-order valence-electron chi connectivity index (χ2n) is 5.57. The lowest BCUT2D eigenvalue weighted by Crippen LogP contribution is -2.34. The van der Waals surface area contributed by atoms with Gasteiger partial charge in [-0.1, -0.05) is 19.9 Å². The van der Waals surface area contributed by atoms with Crippen molar-refractivity contribution in [2.75, 3.05) is 31.7 Å². The van der Waals surface area contributed by atoms with E-state index in [1.54, 1.807) is 25.3 Å². The van der Waals surface area contributed by atoms with Crippen LogP contribution >= 0.6 is 11.8 Å². The van der Waals surface area contributed by atoms with Crippen molar-refractivity contribution in [1.82, 2.24) is 4.90 Å². The summed E-state index contributed by atoms with van der Waals surface area (Å²) < 4.78 is 5.50. The number of hydrogen-bond acceptors (Lipinski definition) is 4. The number of carbonyl (C=O) groups excluding carboxylic acids is 1. The van der Waals surface area contributed by atoms with Crippen molar-refractivity contribution in [1.29, 1.82) is 0 Å². The van der Waals surface area contributed by atoms with Gasteiger partial charge < -0.3 is 15.4 Å². The number of nitrogen functional groups attached to an aromatic ring is 1. The lowest BCUT2D eigenvalue weighted by atomic mass is 10.1. The van der Waals surface area contributed by atoms with Crippen LogP contribution in [0.4, 0.5) is 5.69 Å². The molecule has 1 fully saturated rings. The quantitative estimate of drug-likeness (QED) is 0.852. The fourth-order valence-corrected chi connectivity index (χ4v) is 3.43. The maximum absolute atomic E-state index is 12.7. The van der Waals surface area contributed by atoms with E-state index in [0.717, 1.165) is 25.3 Å². The van der Waals surface area contributed by atoms with Gasteiger partial charge in [0.05, 0.1) is 7.11 Å². The molecule has 2 N–H and O–H groups in total. The Labute approximate surface area is 124 Å². The summed E-state index contributed by atoms with van der Waals surface area (Å²) in [7, 11) is 1.56. The van der Waals surface area contributed by atoms with Crippen LogP contribution in [0, 0.1) is 0 Å². The molecule has 0 spiro atoms. The van der Waals surface area contributed by atoms with E-state index >= 15 is 0 Å². The summed E-state index contributed by atoms with van der Waals surface area (Å²) in [6.07, 6.45) is 0.985. The number of thioether (sulfide) groups is 1. The molecular formula is C15H22N2O2S. The molecule has 0 aromatic heterocycles. The Hall–Kier alpha value is -1.36. The van der Waals surface area contributed by atoms with Crippen LogP contribution in [0.2, 0.25) is 0 Å². The zero-order valence-corrected chi connectivity index (χ0v) is 13.1. The molecule has 20 heavy (non-hydrogen) atoms. The van der Waals surface area contributed by atoms with E-state index in [4.69, 9.17) is 10.5 Å². The van der Waals surface area contributed by atoms with Crippen LogP contribution in [0.15, 0.2) is 18.2 Å². The summed E-state index contributed by atoms with van der Waals surface area (Å²) in [6.45, 7) is 5.97. The van der Waals surface area contributed by atoms with E-state index in [2.05, 4.69) is 13.8 Å². The summed E-state index contributed by atoms with van der Waals surface area (Å²) in [6, 6.07) is 5.32. The van der Waals surface area contributed by atoms with Crippen molar-refractivity contribution < 1.29 is 9.53 Å². The Morgan fingerprint density at radius 1 is 1.40 bits per heavy atom. The molecule has 1 aromatic carbocycles. The predicted molar refractivity (Wildman–Crippen MR) is 84.5 cm³/mol. The Bertz CT molecular complexity index is 503. The molecule has 1 heterocycles. The molecule has 1 aliphatic rings. The van der Waals surface area contributed by atoms with E-state index in [1.165, 1.54) is 0 Å². The van der Waals surface area contributed by atoms with Crippen LogP contribution in [0.5, 0.6) is 5.75 Å². The van der Waals surface area contributed by atoms with Gasteiger partial charge in [-0.25, -0.2) is 0 Å². The monoisotopic (exact) mass is 294 g/mol. The third kappa shape index (κ3) is 3.20. The molecular weight excluding hydrogens is 272 g/mol. The zero-order chi connectivity index (χ0) is 14.8. The van der Waals surface area contributed by atoms with Crippen molar-refractivity contribution in [3.05, 3.63) is 23.8 Å². The molecule has 1 aromatic rings. The molecule has 1 amide bonds. The van der Waals surface area contributed by atoms with Crippen LogP contribution in [-0.4, -0.2) is 41.5 Å². The van der Waals surface area contributed by atoms with Crippen molar-refractivity contribution in [2.24, 2.45) is 0 Å². The number of nitrogens with zero attached hydrogens (tertiary/aromatic N) is 1. The minimum Gasteiger partial charge on any atom is -0.496 e. The molecule has 0 atom stereocenters. The Morgan fingerprint density at radius 3 is 2.85 bits per heavy atom. The third-order valence-electron chi connectivity index (χ3n) is 3.62. The number of ether oxygens (including phenoxy) is 1. The minimum absolute atomic E-state index is 0.0294. The molecule has 0 bridgehead atoms. The van der Waals surface area contributed by atoms with E-state index in [-0.39, 0.29) is 10.7 Å². The topological polar surface area (TPSA) is 55.6 Å². The van der Waals surface area contributed by atoms with Crippen molar-refractivity contribution in [3.8, 4) is 5.75 Å². The highest BCUT2D eigenvalue weighted by Gasteiger charge is 2.28. The van der Waals surface area contributed by atoms with Gasteiger partial charge in [-0.15, -0.1) is 0 Å². The molecule has 1 aliphatic heterocycles. The van der Waals surface area contributed by atoms with Gasteiger partial charge >= 0.3 is 0 Å². The number of hydrogen-bond donors (Lipinski definition) is 1. The highest BCUT2D eigenvalue weighted by molar-refractivity contribution is 8.00. The summed E-state index contributed by atoms with van der Waals surface area (Å²) in [4.78, 5) is 14.6. The first-order valence-electron chi connectivity index (χ1n) is 6.80. The van der Waals surface area contributed by atoms with Gasteiger partial charge in [0.2, 0.25) is 0 Å². The normalized spacial score (nSPS) is 18.4. The first kappa shape index (κ1) is 15.0. The number of carbonyl (C=O) groups is 1. The number of benzene rings is 1. The van der Waals surface area contributed by atoms with Gasteiger partial charge in [0.1, 0.15) is 11.3 Å². The molecule has 5 heteroatoms. The lowest BCUT2D eigenvalue weighted by molar-refractivity contribution is 0.0762. The van der Waals surface area contributed by atoms with Crippen LogP contribution in [0.1, 0.15) is 30.6 Å². The standard InChI is InChI=1S/C15H22N2O2S/c1-15(2)7-8-17(9-10-20-15)14(18)13-11(16)5-4-6-12(13)19-3/h4-6H,7-10,16H2,1-3H3. The van der Waals surface area contributed by atoms with Gasteiger partial charge in [0.15, 0.2) is 0 Å². The van der Waals surface area contributed by atoms with E-state index in [0.29, 0.717) is 17.0 Å². The number of nitrogens with two attached hydrogens (primary N) is 1. The zero-order valence-electron chi connectivity index (χ0n) is 12.3. The SMILES string of the molecule is COc1cccc(N)c1C(=O)N1CCSC(C)(C)CC1. The number of anilines is 1. The average Bonchev–Trinajstić information content (AvgIpc) is 2.58. The van der Waals surface area contributed by atoms with Gasteiger partial charge in [-0.05, 0) is 18.6 Å². The molecule has 0 radical (unpaired) electrons. The summed E-state index contributed by atoms with van der Waals surface area (Å²) in [5, 5.41) is 0. The predicted octanol–water partition coefficient (Wildman–Crippen LogP) is 2.64. The van der Waals surface area contributed by atoms with E-state index < -0.39 is 0 Å². The van der Waals surface area contributed by atoms with Gasteiger partial charge in [0, 0.05) is 29.3 Å². The number of rotatable bonds is 2. The molecule has 0 saturated carbocycles. The number of methoxy groups -OCH3 is 1. The van der Waals surface area contributed by atoms with Gasteiger partial charge in [-0.2, -0.15) is 11.8 Å². The van der Waals surface area contributed by atoms with Crippen molar-refractivity contribution >= 4 is 23.4 Å². The second-order valence-corrected chi connectivity index (χ2v) is 7.38. The summed E-state index contributed by atoms with van der Waals surface area (Å²) >= 11 is 1.92. The van der Waals surface area contributed by atoms with Crippen LogP contribution in [-0.2, 0) is 0 Å². The van der Waals surface area contributed by atoms with E-state index in [9.17, 15) is 4.79 Å². The Kier molecular flexibility index (Phi) is 4.48. The minimum atomic E-state index is -0.0294. The van der Waals surface area contributed by atoms with Gasteiger partial charge in [0.25, 0.3) is 5.91 Å². The number of amides is 1. The van der Waals surface area contributed by atoms with Crippen molar-refractivity contribution in [3.63, 3.8) is 0 Å². The maximum atomic E-state index is 12.7.